The van der Waals surface area contributed by atoms with Gasteiger partial charge in [0, 0.05) is 42.6 Å². The van der Waals surface area contributed by atoms with Crippen LogP contribution in [0, 0.1) is 0 Å². The summed E-state index contributed by atoms with van der Waals surface area (Å²) in [6, 6.07) is 11.6. The van der Waals surface area contributed by atoms with E-state index in [0.717, 1.165) is 17.1 Å². The fourth-order valence-corrected chi connectivity index (χ4v) is 2.66. The number of aliphatic hydroxyl groups excluding tert-OH is 1. The molecule has 6 heteroatoms. The van der Waals surface area contributed by atoms with Gasteiger partial charge in [-0.05, 0) is 23.8 Å². The first kappa shape index (κ1) is 15.6. The number of aliphatic hydroxyl groups is 1. The molecule has 3 aromatic rings. The lowest BCUT2D eigenvalue weighted by molar-refractivity contribution is 0.270. The highest BCUT2D eigenvalue weighted by atomic mass is 35.5. The van der Waals surface area contributed by atoms with E-state index in [1.165, 1.54) is 5.56 Å². The lowest BCUT2D eigenvalue weighted by Crippen LogP contribution is -2.10. The normalized spacial score (nSPS) is 10.9. The molecule has 0 amide bonds. The Bertz CT molecular complexity index is 793. The first-order chi connectivity index (χ1) is 11.2. The number of benzene rings is 1. The molecule has 2 aromatic heterocycles. The molecule has 0 saturated carbocycles. The van der Waals surface area contributed by atoms with Crippen LogP contribution >= 0.6 is 11.6 Å². The summed E-state index contributed by atoms with van der Waals surface area (Å²) in [6.07, 6.45) is 4.08. The molecule has 0 spiro atoms. The Kier molecular flexibility index (Phi) is 4.69. The predicted octanol–water partition coefficient (Wildman–Crippen LogP) is 3.15. The van der Waals surface area contributed by atoms with Gasteiger partial charge in [-0.25, -0.2) is 4.68 Å². The van der Waals surface area contributed by atoms with Crippen molar-refractivity contribution in [3.8, 4) is 11.3 Å². The second kappa shape index (κ2) is 6.89. The van der Waals surface area contributed by atoms with Gasteiger partial charge in [-0.15, -0.1) is 0 Å². The minimum absolute atomic E-state index is 0.0384. The number of nitrogens with one attached hydrogen (secondary N) is 1. The molecule has 0 unspecified atom stereocenters. The molecule has 0 fully saturated rings. The van der Waals surface area contributed by atoms with Crippen molar-refractivity contribution in [1.29, 1.82) is 0 Å². The van der Waals surface area contributed by atoms with E-state index in [9.17, 15) is 5.11 Å². The second-order valence-corrected chi connectivity index (χ2v) is 5.85. The van der Waals surface area contributed by atoms with Crippen molar-refractivity contribution in [2.24, 2.45) is 7.05 Å². The number of hydrogen-bond donors (Lipinski definition) is 2. The van der Waals surface area contributed by atoms with E-state index in [2.05, 4.69) is 22.7 Å². The highest BCUT2D eigenvalue weighted by molar-refractivity contribution is 6.30. The number of aryl methyl sites for hydroxylation is 1. The van der Waals surface area contributed by atoms with Crippen LogP contribution in [0.2, 0.25) is 5.02 Å². The number of nitrogens with zero attached hydrogens (tertiary/aromatic N) is 3. The smallest absolute Gasteiger partial charge is 0.125 e. The Hall–Kier alpha value is -2.24. The quantitative estimate of drug-likeness (QED) is 0.730. The minimum atomic E-state index is 0.0384. The van der Waals surface area contributed by atoms with Gasteiger partial charge in [0.2, 0.25) is 0 Å². The maximum Gasteiger partial charge on any atom is 0.125 e. The van der Waals surface area contributed by atoms with Crippen LogP contribution in [-0.4, -0.2) is 26.1 Å². The molecule has 0 bridgehead atoms. The third-order valence-electron chi connectivity index (χ3n) is 3.58. The van der Waals surface area contributed by atoms with Gasteiger partial charge < -0.3 is 15.0 Å². The van der Waals surface area contributed by atoms with Gasteiger partial charge in [0.1, 0.15) is 5.82 Å². The molecule has 1 aromatic carbocycles. The third-order valence-corrected chi connectivity index (χ3v) is 3.81. The number of rotatable bonds is 6. The van der Waals surface area contributed by atoms with Gasteiger partial charge in [0.25, 0.3) is 0 Å². The number of anilines is 1. The maximum atomic E-state index is 9.24. The summed E-state index contributed by atoms with van der Waals surface area (Å²) in [6.45, 7) is 1.18. The van der Waals surface area contributed by atoms with Crippen LogP contribution in [0.1, 0.15) is 5.56 Å². The first-order valence-electron chi connectivity index (χ1n) is 7.45. The largest absolute Gasteiger partial charge is 0.394 e. The average molecular weight is 331 g/mol. The average Bonchev–Trinajstić information content (AvgIpc) is 3.12. The summed E-state index contributed by atoms with van der Waals surface area (Å²) in [5.74, 6) is 0.873. The van der Waals surface area contributed by atoms with Crippen LogP contribution in [0.15, 0.2) is 48.8 Å². The zero-order chi connectivity index (χ0) is 16.2. The lowest BCUT2D eigenvalue weighted by atomic mass is 10.1. The van der Waals surface area contributed by atoms with Gasteiger partial charge in [-0.1, -0.05) is 23.7 Å². The molecule has 3 rings (SSSR count). The Morgan fingerprint density at radius 1 is 1.26 bits per heavy atom. The molecule has 2 heterocycles. The van der Waals surface area contributed by atoms with Crippen molar-refractivity contribution >= 4 is 17.4 Å². The minimum Gasteiger partial charge on any atom is -0.394 e. The molecule has 0 aliphatic carbocycles. The van der Waals surface area contributed by atoms with Crippen molar-refractivity contribution in [3.05, 3.63) is 59.4 Å². The van der Waals surface area contributed by atoms with Gasteiger partial charge in [-0.2, -0.15) is 5.10 Å². The summed E-state index contributed by atoms with van der Waals surface area (Å²) >= 11 is 6.05. The number of aromatic nitrogens is 3. The third kappa shape index (κ3) is 3.75. The maximum absolute atomic E-state index is 9.24. The molecule has 23 heavy (non-hydrogen) atoms. The van der Waals surface area contributed by atoms with Crippen LogP contribution in [0.3, 0.4) is 0 Å². The molecule has 0 aliphatic rings. The zero-order valence-electron chi connectivity index (χ0n) is 12.9. The molecule has 0 aliphatic heterocycles. The van der Waals surface area contributed by atoms with Crippen LogP contribution in [0.25, 0.3) is 11.3 Å². The standard InChI is InChI=1S/C17H19ClN4O/c1-21-6-5-13(12-21)11-19-17-10-16(20-22(17)7-8-23)14-3-2-4-15(18)9-14/h2-6,9-10,12,19,23H,7-8,11H2,1H3. The van der Waals surface area contributed by atoms with Crippen molar-refractivity contribution in [1.82, 2.24) is 14.3 Å². The predicted molar refractivity (Wildman–Crippen MR) is 92.5 cm³/mol. The Balaban J connectivity index is 1.83. The molecule has 2 N–H and O–H groups in total. The van der Waals surface area contributed by atoms with E-state index in [0.29, 0.717) is 18.1 Å². The molecule has 5 nitrogen and oxygen atoms in total. The van der Waals surface area contributed by atoms with E-state index < -0.39 is 0 Å². The Morgan fingerprint density at radius 3 is 2.83 bits per heavy atom. The van der Waals surface area contributed by atoms with Crippen molar-refractivity contribution in [2.45, 2.75) is 13.1 Å². The molecule has 0 radical (unpaired) electrons. The highest BCUT2D eigenvalue weighted by Crippen LogP contribution is 2.24. The SMILES string of the molecule is Cn1ccc(CNc2cc(-c3cccc(Cl)c3)nn2CCO)c1. The van der Waals surface area contributed by atoms with Crippen molar-refractivity contribution in [2.75, 3.05) is 11.9 Å². The van der Waals surface area contributed by atoms with Crippen molar-refractivity contribution < 1.29 is 5.11 Å². The van der Waals surface area contributed by atoms with Gasteiger partial charge in [0.15, 0.2) is 0 Å². The molecular formula is C17H19ClN4O. The Labute approximate surface area is 140 Å². The van der Waals surface area contributed by atoms with E-state index in [1.54, 1.807) is 4.68 Å². The second-order valence-electron chi connectivity index (χ2n) is 5.41. The van der Waals surface area contributed by atoms with E-state index >= 15 is 0 Å². The fourth-order valence-electron chi connectivity index (χ4n) is 2.47. The molecule has 0 saturated heterocycles. The van der Waals surface area contributed by atoms with Crippen LogP contribution in [0.5, 0.6) is 0 Å². The first-order valence-corrected chi connectivity index (χ1v) is 7.83. The van der Waals surface area contributed by atoms with E-state index in [4.69, 9.17) is 11.6 Å². The topological polar surface area (TPSA) is 55.0 Å². The van der Waals surface area contributed by atoms with Crippen molar-refractivity contribution in [3.63, 3.8) is 0 Å². The molecule has 120 valence electrons. The summed E-state index contributed by atoms with van der Waals surface area (Å²) in [5, 5.41) is 17.9. The summed E-state index contributed by atoms with van der Waals surface area (Å²) in [7, 11) is 2.00. The van der Waals surface area contributed by atoms with Gasteiger partial charge in [-0.3, -0.25) is 0 Å². The van der Waals surface area contributed by atoms with Crippen LogP contribution in [-0.2, 0) is 20.1 Å². The van der Waals surface area contributed by atoms with Crippen LogP contribution in [0.4, 0.5) is 5.82 Å². The zero-order valence-corrected chi connectivity index (χ0v) is 13.7. The molecule has 0 atom stereocenters. The van der Waals surface area contributed by atoms with Gasteiger partial charge in [0.05, 0.1) is 18.8 Å². The fraction of sp³-hybridized carbons (Fsp3) is 0.235. The summed E-state index contributed by atoms with van der Waals surface area (Å²) < 4.78 is 3.79. The van der Waals surface area contributed by atoms with E-state index in [1.807, 2.05) is 48.1 Å². The lowest BCUT2D eigenvalue weighted by Gasteiger charge is -2.07. The highest BCUT2D eigenvalue weighted by Gasteiger charge is 2.10. The molecular weight excluding hydrogens is 312 g/mol. The van der Waals surface area contributed by atoms with Gasteiger partial charge >= 0.3 is 0 Å². The van der Waals surface area contributed by atoms with E-state index in [-0.39, 0.29) is 6.61 Å². The Morgan fingerprint density at radius 2 is 2.13 bits per heavy atom. The summed E-state index contributed by atoms with van der Waals surface area (Å²) in [5.41, 5.74) is 2.97. The monoisotopic (exact) mass is 330 g/mol. The van der Waals surface area contributed by atoms with Crippen LogP contribution < -0.4 is 5.32 Å². The number of halogens is 1. The number of hydrogen-bond acceptors (Lipinski definition) is 3. The summed E-state index contributed by atoms with van der Waals surface area (Å²) in [4.78, 5) is 0.